The highest BCUT2D eigenvalue weighted by atomic mass is 35.5. The van der Waals surface area contributed by atoms with Crippen molar-refractivity contribution in [3.63, 3.8) is 0 Å². The van der Waals surface area contributed by atoms with Gasteiger partial charge in [-0.25, -0.2) is 9.67 Å². The Bertz CT molecular complexity index is 236. The first kappa shape index (κ1) is 8.53. The van der Waals surface area contributed by atoms with E-state index in [2.05, 4.69) is 30.9 Å². The molecule has 0 N–H and O–H groups in total. The van der Waals surface area contributed by atoms with Crippen LogP contribution in [0.2, 0.25) is 0 Å². The molecule has 0 spiro atoms. The molecule has 0 fully saturated rings. The molecule has 0 unspecified atom stereocenters. The van der Waals surface area contributed by atoms with Gasteiger partial charge in [0.2, 0.25) is 0 Å². The van der Waals surface area contributed by atoms with Crippen molar-refractivity contribution in [2.24, 2.45) is 0 Å². The van der Waals surface area contributed by atoms with Crippen LogP contribution in [0.25, 0.3) is 0 Å². The molecule has 0 atom stereocenters. The van der Waals surface area contributed by atoms with Crippen LogP contribution >= 0.6 is 11.6 Å². The Morgan fingerprint density at radius 1 is 1.55 bits per heavy atom. The van der Waals surface area contributed by atoms with E-state index < -0.39 is 0 Å². The fourth-order valence-electron chi connectivity index (χ4n) is 0.917. The van der Waals surface area contributed by atoms with Crippen LogP contribution in [0.4, 0.5) is 0 Å². The first-order valence-corrected chi connectivity index (χ1v) is 4.04. The third-order valence-corrected chi connectivity index (χ3v) is 1.61. The molecule has 0 saturated carbocycles. The van der Waals surface area contributed by atoms with Crippen LogP contribution in [0.1, 0.15) is 26.6 Å². The van der Waals surface area contributed by atoms with Gasteiger partial charge in [-0.2, -0.15) is 5.10 Å². The Morgan fingerprint density at radius 3 is 2.55 bits per heavy atom. The molecule has 62 valence electrons. The van der Waals surface area contributed by atoms with E-state index in [9.17, 15) is 0 Å². The quantitative estimate of drug-likeness (QED) is 0.606. The van der Waals surface area contributed by atoms with Crippen molar-refractivity contribution in [2.75, 3.05) is 0 Å². The number of halogens is 1. The average molecular weight is 174 g/mol. The highest BCUT2D eigenvalue weighted by Crippen LogP contribution is 2.14. The van der Waals surface area contributed by atoms with Crippen LogP contribution < -0.4 is 0 Å². The summed E-state index contributed by atoms with van der Waals surface area (Å²) in [5.41, 5.74) is -0.0271. The van der Waals surface area contributed by atoms with E-state index in [1.165, 1.54) is 6.33 Å². The highest BCUT2D eigenvalue weighted by molar-refractivity contribution is 6.16. The summed E-state index contributed by atoms with van der Waals surface area (Å²) < 4.78 is 1.83. The van der Waals surface area contributed by atoms with Gasteiger partial charge in [0, 0.05) is 0 Å². The number of hydrogen-bond acceptors (Lipinski definition) is 2. The lowest BCUT2D eigenvalue weighted by Gasteiger charge is -2.20. The molecule has 1 heterocycles. The molecule has 1 aromatic rings. The van der Waals surface area contributed by atoms with Crippen molar-refractivity contribution in [3.8, 4) is 0 Å². The van der Waals surface area contributed by atoms with Crippen LogP contribution in [0.5, 0.6) is 0 Å². The van der Waals surface area contributed by atoms with E-state index in [-0.39, 0.29) is 5.54 Å². The first-order valence-electron chi connectivity index (χ1n) is 3.51. The summed E-state index contributed by atoms with van der Waals surface area (Å²) in [6, 6.07) is 0. The van der Waals surface area contributed by atoms with Crippen molar-refractivity contribution in [1.29, 1.82) is 0 Å². The number of aromatic nitrogens is 3. The summed E-state index contributed by atoms with van der Waals surface area (Å²) in [7, 11) is 0. The smallest absolute Gasteiger partial charge is 0.142 e. The summed E-state index contributed by atoms with van der Waals surface area (Å²) in [6.45, 7) is 6.20. The van der Waals surface area contributed by atoms with Crippen molar-refractivity contribution in [1.82, 2.24) is 14.8 Å². The summed E-state index contributed by atoms with van der Waals surface area (Å²) in [5, 5.41) is 4.08. The zero-order chi connectivity index (χ0) is 8.48. The average Bonchev–Trinajstić information content (AvgIpc) is 2.31. The topological polar surface area (TPSA) is 30.7 Å². The van der Waals surface area contributed by atoms with Crippen LogP contribution in [0, 0.1) is 0 Å². The third-order valence-electron chi connectivity index (χ3n) is 1.37. The second kappa shape index (κ2) is 2.81. The number of hydrogen-bond donors (Lipinski definition) is 0. The van der Waals surface area contributed by atoms with Crippen molar-refractivity contribution in [2.45, 2.75) is 32.2 Å². The maximum atomic E-state index is 5.66. The van der Waals surface area contributed by atoms with Crippen molar-refractivity contribution < 1.29 is 0 Å². The van der Waals surface area contributed by atoms with Crippen LogP contribution in [-0.2, 0) is 11.4 Å². The Morgan fingerprint density at radius 2 is 2.18 bits per heavy atom. The van der Waals surface area contributed by atoms with Gasteiger partial charge in [-0.3, -0.25) is 0 Å². The predicted molar refractivity (Wildman–Crippen MR) is 44.6 cm³/mol. The van der Waals surface area contributed by atoms with Gasteiger partial charge in [-0.1, -0.05) is 0 Å². The van der Waals surface area contributed by atoms with Crippen LogP contribution in [0.3, 0.4) is 0 Å². The SMILES string of the molecule is CC(C)(C)n1ncnc1CCl. The molecule has 3 nitrogen and oxygen atoms in total. The molecular formula is C7H12ClN3. The zero-order valence-corrected chi connectivity index (χ0v) is 7.76. The standard InChI is InChI=1S/C7H12ClN3/c1-7(2,3)11-6(4-8)9-5-10-11/h5H,4H2,1-3H3. The number of rotatable bonds is 1. The largest absolute Gasteiger partial charge is 0.244 e. The Hall–Kier alpha value is -0.570. The van der Waals surface area contributed by atoms with E-state index >= 15 is 0 Å². The van der Waals surface area contributed by atoms with Gasteiger partial charge in [-0.05, 0) is 20.8 Å². The lowest BCUT2D eigenvalue weighted by atomic mass is 10.1. The molecule has 0 saturated heterocycles. The molecule has 4 heteroatoms. The minimum absolute atomic E-state index is 0.0271. The van der Waals surface area contributed by atoms with E-state index in [1.807, 2.05) is 4.68 Å². The Balaban J connectivity index is 3.02. The van der Waals surface area contributed by atoms with Crippen LogP contribution in [-0.4, -0.2) is 14.8 Å². The summed E-state index contributed by atoms with van der Waals surface area (Å²) in [5.74, 6) is 1.23. The molecule has 0 amide bonds. The minimum atomic E-state index is -0.0271. The number of nitrogens with zero attached hydrogens (tertiary/aromatic N) is 3. The molecule has 0 aromatic carbocycles. The lowest BCUT2D eigenvalue weighted by molar-refractivity contribution is 0.345. The van der Waals surface area contributed by atoms with Gasteiger partial charge in [0.1, 0.15) is 12.2 Å². The minimum Gasteiger partial charge on any atom is -0.244 e. The molecule has 0 aliphatic heterocycles. The molecule has 1 rings (SSSR count). The Labute approximate surface area is 71.4 Å². The second-order valence-corrected chi connectivity index (χ2v) is 3.66. The second-order valence-electron chi connectivity index (χ2n) is 3.39. The van der Waals surface area contributed by atoms with E-state index in [4.69, 9.17) is 11.6 Å². The summed E-state index contributed by atoms with van der Waals surface area (Å²) in [6.07, 6.45) is 1.53. The van der Waals surface area contributed by atoms with E-state index in [0.717, 1.165) is 5.82 Å². The maximum absolute atomic E-state index is 5.66. The van der Waals surface area contributed by atoms with Crippen molar-refractivity contribution >= 4 is 11.6 Å². The van der Waals surface area contributed by atoms with Gasteiger partial charge in [0.15, 0.2) is 0 Å². The van der Waals surface area contributed by atoms with E-state index in [0.29, 0.717) is 5.88 Å². The molecule has 1 aromatic heterocycles. The molecule has 0 aliphatic rings. The van der Waals surface area contributed by atoms with Gasteiger partial charge >= 0.3 is 0 Å². The van der Waals surface area contributed by atoms with Gasteiger partial charge in [0.25, 0.3) is 0 Å². The first-order chi connectivity index (χ1) is 5.05. The summed E-state index contributed by atoms with van der Waals surface area (Å²) in [4.78, 5) is 4.02. The fraction of sp³-hybridized carbons (Fsp3) is 0.714. The van der Waals surface area contributed by atoms with Gasteiger partial charge in [-0.15, -0.1) is 11.6 Å². The van der Waals surface area contributed by atoms with Gasteiger partial charge in [0.05, 0.1) is 11.4 Å². The molecule has 0 radical (unpaired) electrons. The zero-order valence-electron chi connectivity index (χ0n) is 7.00. The van der Waals surface area contributed by atoms with E-state index in [1.54, 1.807) is 0 Å². The summed E-state index contributed by atoms with van der Waals surface area (Å²) >= 11 is 5.66. The fourth-order valence-corrected chi connectivity index (χ4v) is 1.10. The van der Waals surface area contributed by atoms with Crippen LogP contribution in [0.15, 0.2) is 6.33 Å². The lowest BCUT2D eigenvalue weighted by Crippen LogP contribution is -2.25. The number of alkyl halides is 1. The third kappa shape index (κ3) is 1.71. The maximum Gasteiger partial charge on any atom is 0.142 e. The van der Waals surface area contributed by atoms with Crippen molar-refractivity contribution in [3.05, 3.63) is 12.2 Å². The predicted octanol–water partition coefficient (Wildman–Crippen LogP) is 1.77. The molecule has 11 heavy (non-hydrogen) atoms. The van der Waals surface area contributed by atoms with Gasteiger partial charge < -0.3 is 0 Å². The normalized spacial score (nSPS) is 12.0. The molecule has 0 bridgehead atoms. The Kier molecular flexibility index (Phi) is 2.18. The monoisotopic (exact) mass is 173 g/mol. The molecular weight excluding hydrogens is 162 g/mol. The highest BCUT2D eigenvalue weighted by Gasteiger charge is 2.17. The molecule has 0 aliphatic carbocycles.